The molecule has 0 saturated carbocycles. The summed E-state index contributed by atoms with van der Waals surface area (Å²) in [5.41, 5.74) is -0.592. The number of ketones is 1. The van der Waals surface area contributed by atoms with Gasteiger partial charge in [-0.1, -0.05) is 0 Å². The molecule has 1 aromatic carbocycles. The normalized spacial score (nSPS) is 19.2. The molecule has 1 amide bonds. The van der Waals surface area contributed by atoms with Gasteiger partial charge in [0.05, 0.1) is 6.61 Å². The van der Waals surface area contributed by atoms with Crippen molar-refractivity contribution in [1.29, 1.82) is 0 Å². The highest BCUT2D eigenvalue weighted by Gasteiger charge is 2.35. The average Bonchev–Trinajstić information content (AvgIpc) is 3.44. The highest BCUT2D eigenvalue weighted by Crippen LogP contribution is 2.32. The van der Waals surface area contributed by atoms with Crippen LogP contribution in [0, 0.1) is 11.6 Å². The summed E-state index contributed by atoms with van der Waals surface area (Å²) in [6, 6.07) is 2.38. The lowest BCUT2D eigenvalue weighted by Gasteiger charge is -2.37. The molecule has 3 heterocycles. The van der Waals surface area contributed by atoms with E-state index in [4.69, 9.17) is 9.47 Å². The Morgan fingerprint density at radius 3 is 2.36 bits per heavy atom. The Kier molecular flexibility index (Phi) is 6.19. The molecule has 2 saturated heterocycles. The molecule has 2 fully saturated rings. The van der Waals surface area contributed by atoms with Crippen LogP contribution in [-0.2, 0) is 9.47 Å². The number of piperazine rings is 1. The van der Waals surface area contributed by atoms with Gasteiger partial charge in [0.25, 0.3) is 0 Å². The van der Waals surface area contributed by atoms with Crippen LogP contribution >= 0.6 is 0 Å². The Labute approximate surface area is 189 Å². The van der Waals surface area contributed by atoms with Crippen molar-refractivity contribution >= 4 is 23.3 Å². The Bertz CT molecular complexity index is 995. The van der Waals surface area contributed by atoms with Crippen LogP contribution in [0.1, 0.15) is 31.4 Å². The summed E-state index contributed by atoms with van der Waals surface area (Å²) in [5.74, 6) is -1.98. The third kappa shape index (κ3) is 4.90. The molecule has 0 radical (unpaired) electrons. The Hall–Kier alpha value is -3.28. The highest BCUT2D eigenvalue weighted by molar-refractivity contribution is 5.98. The SMILES string of the molecule is CC(C)(C)OC(=O)N1CCN(c2c(F)cc(N3CCOC3C(=O)c3ncn[nH]3)cc2F)CC1. The van der Waals surface area contributed by atoms with Crippen molar-refractivity contribution < 1.29 is 27.8 Å². The van der Waals surface area contributed by atoms with E-state index >= 15 is 8.78 Å². The summed E-state index contributed by atoms with van der Waals surface area (Å²) < 4.78 is 41.0. The van der Waals surface area contributed by atoms with Crippen LogP contribution < -0.4 is 9.80 Å². The molecule has 10 nitrogen and oxygen atoms in total. The molecule has 1 unspecified atom stereocenters. The van der Waals surface area contributed by atoms with Crippen molar-refractivity contribution in [3.8, 4) is 0 Å². The second kappa shape index (κ2) is 8.93. The number of rotatable bonds is 4. The first-order valence-corrected chi connectivity index (χ1v) is 10.6. The number of Topliss-reactive ketones (excluding diaryl/α,β-unsaturated/α-hetero) is 1. The van der Waals surface area contributed by atoms with E-state index in [2.05, 4.69) is 15.2 Å². The van der Waals surface area contributed by atoms with E-state index in [1.54, 1.807) is 25.7 Å². The van der Waals surface area contributed by atoms with Gasteiger partial charge in [-0.05, 0) is 32.9 Å². The topological polar surface area (TPSA) is 104 Å². The number of amides is 1. The minimum absolute atomic E-state index is 0.00678. The zero-order valence-electron chi connectivity index (χ0n) is 18.7. The zero-order chi connectivity index (χ0) is 23.8. The largest absolute Gasteiger partial charge is 0.444 e. The predicted molar refractivity (Wildman–Crippen MR) is 114 cm³/mol. The van der Waals surface area contributed by atoms with Crippen molar-refractivity contribution in [2.45, 2.75) is 32.6 Å². The molecular formula is C21H26F2N6O4. The van der Waals surface area contributed by atoms with Gasteiger partial charge >= 0.3 is 6.09 Å². The van der Waals surface area contributed by atoms with E-state index < -0.39 is 35.3 Å². The van der Waals surface area contributed by atoms with E-state index in [1.165, 1.54) is 28.3 Å². The number of aromatic amines is 1. The van der Waals surface area contributed by atoms with Gasteiger partial charge in [0.2, 0.25) is 5.78 Å². The van der Waals surface area contributed by atoms with Gasteiger partial charge < -0.3 is 24.2 Å². The van der Waals surface area contributed by atoms with Gasteiger partial charge in [-0.3, -0.25) is 9.89 Å². The fourth-order valence-electron chi connectivity index (χ4n) is 3.85. The van der Waals surface area contributed by atoms with E-state index in [9.17, 15) is 9.59 Å². The highest BCUT2D eigenvalue weighted by atomic mass is 19.1. The number of hydrogen-bond acceptors (Lipinski definition) is 8. The number of aromatic nitrogens is 3. The van der Waals surface area contributed by atoms with Gasteiger partial charge in [0, 0.05) is 38.4 Å². The summed E-state index contributed by atoms with van der Waals surface area (Å²) >= 11 is 0. The molecule has 12 heteroatoms. The maximum Gasteiger partial charge on any atom is 0.410 e. The summed E-state index contributed by atoms with van der Waals surface area (Å²) in [6.45, 7) is 6.93. The van der Waals surface area contributed by atoms with Gasteiger partial charge in [-0.2, -0.15) is 5.10 Å². The molecule has 2 aliphatic rings. The minimum atomic E-state index is -1.06. The van der Waals surface area contributed by atoms with Crippen LogP contribution in [0.15, 0.2) is 18.5 Å². The minimum Gasteiger partial charge on any atom is -0.444 e. The van der Waals surface area contributed by atoms with Gasteiger partial charge in [0.15, 0.2) is 23.7 Å². The lowest BCUT2D eigenvalue weighted by atomic mass is 10.1. The van der Waals surface area contributed by atoms with Crippen LogP contribution in [0.5, 0.6) is 0 Å². The second-order valence-corrected chi connectivity index (χ2v) is 8.83. The molecule has 2 aromatic rings. The van der Waals surface area contributed by atoms with Crippen molar-refractivity contribution in [2.75, 3.05) is 49.1 Å². The summed E-state index contributed by atoms with van der Waals surface area (Å²) in [5, 5.41) is 6.12. The molecule has 1 aromatic heterocycles. The molecular weight excluding hydrogens is 438 g/mol. The second-order valence-electron chi connectivity index (χ2n) is 8.83. The smallest absolute Gasteiger partial charge is 0.410 e. The van der Waals surface area contributed by atoms with Crippen molar-refractivity contribution in [2.24, 2.45) is 0 Å². The zero-order valence-corrected chi connectivity index (χ0v) is 18.7. The van der Waals surface area contributed by atoms with Crippen LogP contribution in [0.2, 0.25) is 0 Å². The number of halogens is 2. The maximum atomic E-state index is 15.1. The summed E-state index contributed by atoms with van der Waals surface area (Å²) in [7, 11) is 0. The quantitative estimate of drug-likeness (QED) is 0.687. The molecule has 0 bridgehead atoms. The van der Waals surface area contributed by atoms with E-state index in [-0.39, 0.29) is 56.5 Å². The molecule has 178 valence electrons. The van der Waals surface area contributed by atoms with E-state index in [0.717, 1.165) is 0 Å². The van der Waals surface area contributed by atoms with E-state index in [0.29, 0.717) is 0 Å². The molecule has 1 N–H and O–H groups in total. The number of hydrogen-bond donors (Lipinski definition) is 1. The molecule has 1 atom stereocenters. The summed E-state index contributed by atoms with van der Waals surface area (Å²) in [6.07, 6.45) is -0.307. The van der Waals surface area contributed by atoms with Crippen LogP contribution in [-0.4, -0.2) is 83.1 Å². The fraction of sp³-hybridized carbons (Fsp3) is 0.524. The van der Waals surface area contributed by atoms with Crippen LogP contribution in [0.25, 0.3) is 0 Å². The van der Waals surface area contributed by atoms with E-state index in [1.807, 2.05) is 0 Å². The first-order chi connectivity index (χ1) is 15.6. The average molecular weight is 464 g/mol. The third-order valence-electron chi connectivity index (χ3n) is 5.34. The first kappa shape index (κ1) is 22.9. The van der Waals surface area contributed by atoms with Gasteiger partial charge in [-0.25, -0.2) is 18.6 Å². The maximum absolute atomic E-state index is 15.1. The molecule has 33 heavy (non-hydrogen) atoms. The van der Waals surface area contributed by atoms with Gasteiger partial charge in [-0.15, -0.1) is 0 Å². The lowest BCUT2D eigenvalue weighted by Crippen LogP contribution is -2.50. The number of benzene rings is 1. The third-order valence-corrected chi connectivity index (χ3v) is 5.34. The van der Waals surface area contributed by atoms with Crippen molar-refractivity contribution in [1.82, 2.24) is 20.1 Å². The number of nitrogens with zero attached hydrogens (tertiary/aromatic N) is 5. The van der Waals surface area contributed by atoms with Crippen LogP contribution in [0.3, 0.4) is 0 Å². The van der Waals surface area contributed by atoms with Crippen molar-refractivity contribution in [3.63, 3.8) is 0 Å². The molecule has 0 aliphatic carbocycles. The lowest BCUT2D eigenvalue weighted by molar-refractivity contribution is 0.0240. The van der Waals surface area contributed by atoms with Crippen molar-refractivity contribution in [3.05, 3.63) is 35.9 Å². The molecule has 0 spiro atoms. The number of carbonyl (C=O) groups is 2. The number of anilines is 2. The predicted octanol–water partition coefficient (Wildman–Crippen LogP) is 2.19. The van der Waals surface area contributed by atoms with Crippen LogP contribution in [0.4, 0.5) is 25.0 Å². The number of carbonyl (C=O) groups excluding carboxylic acids is 2. The fourth-order valence-corrected chi connectivity index (χ4v) is 3.85. The van der Waals surface area contributed by atoms with Gasteiger partial charge in [0.1, 0.15) is 17.6 Å². The Morgan fingerprint density at radius 2 is 1.79 bits per heavy atom. The molecule has 2 aliphatic heterocycles. The first-order valence-electron chi connectivity index (χ1n) is 10.6. The number of H-pyrrole nitrogens is 1. The monoisotopic (exact) mass is 464 g/mol. The Morgan fingerprint density at radius 1 is 1.12 bits per heavy atom. The Balaban J connectivity index is 1.47. The number of nitrogens with one attached hydrogen (secondary N) is 1. The number of ether oxygens (including phenoxy) is 2. The standard InChI is InChI=1S/C21H26F2N6O4/c1-21(2,3)33-20(31)28-6-4-27(5-7-28)16-14(22)10-13(11-15(16)23)29-8-9-32-19(29)17(30)18-24-12-25-26-18/h10-12,19H,4-9H2,1-3H3,(H,24,25,26). The molecule has 4 rings (SSSR count). The summed E-state index contributed by atoms with van der Waals surface area (Å²) in [4.78, 5) is 33.2.